The number of nitrogens with two attached hydrogens (primary N) is 1. The van der Waals surface area contributed by atoms with Crippen molar-refractivity contribution in [2.24, 2.45) is 11.1 Å². The first-order valence-corrected chi connectivity index (χ1v) is 7.83. The molecule has 0 saturated heterocycles. The Morgan fingerprint density at radius 3 is 2.43 bits per heavy atom. The number of nitrogens with one attached hydrogen (secondary N) is 1. The van der Waals surface area contributed by atoms with Gasteiger partial charge in [0.05, 0.1) is 17.0 Å². The van der Waals surface area contributed by atoms with E-state index in [1.807, 2.05) is 31.2 Å². The lowest BCUT2D eigenvalue weighted by Gasteiger charge is -2.34. The minimum atomic E-state index is -0.688. The molecule has 1 aliphatic carbocycles. The van der Waals surface area contributed by atoms with Crippen LogP contribution in [0.15, 0.2) is 24.3 Å². The number of rotatable bonds is 5. The molecule has 0 atom stereocenters. The van der Waals surface area contributed by atoms with Crippen LogP contribution in [-0.2, 0) is 4.79 Å². The van der Waals surface area contributed by atoms with Gasteiger partial charge < -0.3 is 15.8 Å². The zero-order chi connectivity index (χ0) is 15.3. The summed E-state index contributed by atoms with van der Waals surface area (Å²) in [5.41, 5.74) is 5.92. The normalized spacial score (nSPS) is 17.0. The zero-order valence-corrected chi connectivity index (χ0v) is 13.2. The van der Waals surface area contributed by atoms with Gasteiger partial charge in [0.1, 0.15) is 5.75 Å². The third kappa shape index (κ3) is 3.53. The number of carbonyl (C=O) groups excluding carboxylic acids is 1. The van der Waals surface area contributed by atoms with Gasteiger partial charge in [0, 0.05) is 5.69 Å². The number of ether oxygens (including phenoxy) is 1. The Balaban J connectivity index is 2.09. The maximum Gasteiger partial charge on any atom is 0.237 e. The van der Waals surface area contributed by atoms with Gasteiger partial charge in [-0.15, -0.1) is 0 Å². The smallest absolute Gasteiger partial charge is 0.237 e. The number of carbonyl (C=O) groups is 1. The van der Waals surface area contributed by atoms with Crippen molar-refractivity contribution in [3.63, 3.8) is 0 Å². The molecule has 3 N–H and O–H groups in total. The van der Waals surface area contributed by atoms with E-state index in [0.717, 1.165) is 43.5 Å². The summed E-state index contributed by atoms with van der Waals surface area (Å²) in [5.74, 6) is 0.705. The first kappa shape index (κ1) is 15.8. The molecule has 4 nitrogen and oxygen atoms in total. The van der Waals surface area contributed by atoms with Gasteiger partial charge in [-0.2, -0.15) is 0 Å². The average Bonchev–Trinajstić information content (AvgIpc) is 2.50. The molecule has 0 aromatic heterocycles. The van der Waals surface area contributed by atoms with Crippen molar-refractivity contribution >= 4 is 28.8 Å². The van der Waals surface area contributed by atoms with Crippen LogP contribution in [-0.4, -0.2) is 17.5 Å². The fourth-order valence-corrected chi connectivity index (χ4v) is 3.09. The third-order valence-electron chi connectivity index (χ3n) is 4.04. The van der Waals surface area contributed by atoms with Crippen molar-refractivity contribution in [3.05, 3.63) is 24.3 Å². The van der Waals surface area contributed by atoms with Crippen molar-refractivity contribution in [1.29, 1.82) is 0 Å². The molecule has 0 aliphatic heterocycles. The highest BCUT2D eigenvalue weighted by Crippen LogP contribution is 2.37. The predicted molar refractivity (Wildman–Crippen MR) is 88.5 cm³/mol. The standard InChI is InChI=1S/C16H22N2O2S/c1-2-20-13-8-6-12(7-9-13)18-15(19)16(14(17)21)10-4-3-5-11-16/h6-9H,2-5,10-11H2,1H3,(H2,17,21)(H,18,19). The van der Waals surface area contributed by atoms with Crippen molar-refractivity contribution in [2.75, 3.05) is 11.9 Å². The number of hydrogen-bond acceptors (Lipinski definition) is 3. The van der Waals surface area contributed by atoms with Crippen LogP contribution in [0.3, 0.4) is 0 Å². The molecule has 0 bridgehead atoms. The van der Waals surface area contributed by atoms with Crippen LogP contribution in [0.5, 0.6) is 5.75 Å². The molecule has 5 heteroatoms. The molecule has 0 unspecified atom stereocenters. The first-order chi connectivity index (χ1) is 10.1. The number of benzene rings is 1. The van der Waals surface area contributed by atoms with Crippen LogP contribution in [0, 0.1) is 5.41 Å². The monoisotopic (exact) mass is 306 g/mol. The van der Waals surface area contributed by atoms with Gasteiger partial charge in [-0.3, -0.25) is 4.79 Å². The Labute approximate surface area is 131 Å². The summed E-state index contributed by atoms with van der Waals surface area (Å²) in [5, 5.41) is 2.94. The molecule has 1 aliphatic rings. The summed E-state index contributed by atoms with van der Waals surface area (Å²) in [7, 11) is 0. The second-order valence-electron chi connectivity index (χ2n) is 5.42. The van der Waals surface area contributed by atoms with Crippen molar-refractivity contribution in [1.82, 2.24) is 0 Å². The van der Waals surface area contributed by atoms with Gasteiger partial charge in [0.15, 0.2) is 0 Å². The van der Waals surface area contributed by atoms with E-state index in [4.69, 9.17) is 22.7 Å². The molecule has 2 rings (SSSR count). The van der Waals surface area contributed by atoms with Gasteiger partial charge in [0.2, 0.25) is 5.91 Å². The van der Waals surface area contributed by atoms with Crippen LogP contribution in [0.4, 0.5) is 5.69 Å². The second kappa shape index (κ2) is 6.89. The molecule has 0 spiro atoms. The quantitative estimate of drug-likeness (QED) is 0.820. The van der Waals surface area contributed by atoms with E-state index >= 15 is 0 Å². The van der Waals surface area contributed by atoms with Crippen molar-refractivity contribution < 1.29 is 9.53 Å². The molecular weight excluding hydrogens is 284 g/mol. The summed E-state index contributed by atoms with van der Waals surface area (Å²) in [6.45, 7) is 2.56. The Hall–Kier alpha value is -1.62. The Morgan fingerprint density at radius 2 is 1.90 bits per heavy atom. The van der Waals surface area contributed by atoms with Gasteiger partial charge in [-0.05, 0) is 44.0 Å². The van der Waals surface area contributed by atoms with Crippen LogP contribution < -0.4 is 15.8 Å². The van der Waals surface area contributed by atoms with Crippen molar-refractivity contribution in [3.8, 4) is 5.75 Å². The predicted octanol–water partition coefficient (Wildman–Crippen LogP) is 3.26. The second-order valence-corrected chi connectivity index (χ2v) is 5.86. The molecule has 1 aromatic carbocycles. The van der Waals surface area contributed by atoms with Crippen LogP contribution >= 0.6 is 12.2 Å². The summed E-state index contributed by atoms with van der Waals surface area (Å²) < 4.78 is 5.39. The number of amides is 1. The van der Waals surface area contributed by atoms with Crippen LogP contribution in [0.25, 0.3) is 0 Å². The Morgan fingerprint density at radius 1 is 1.29 bits per heavy atom. The number of thiocarbonyl (C=S) groups is 1. The summed E-state index contributed by atoms with van der Waals surface area (Å²) in [4.78, 5) is 12.9. The lowest BCUT2D eigenvalue weighted by Crippen LogP contribution is -2.47. The van der Waals surface area contributed by atoms with Gasteiger partial charge >= 0.3 is 0 Å². The zero-order valence-electron chi connectivity index (χ0n) is 12.4. The fourth-order valence-electron chi connectivity index (χ4n) is 2.79. The minimum Gasteiger partial charge on any atom is -0.494 e. The Bertz CT molecular complexity index is 508. The van der Waals surface area contributed by atoms with E-state index in [9.17, 15) is 4.79 Å². The van der Waals surface area contributed by atoms with E-state index in [-0.39, 0.29) is 5.91 Å². The molecule has 114 valence electrons. The average molecular weight is 306 g/mol. The van der Waals surface area contributed by atoms with Crippen LogP contribution in [0.2, 0.25) is 0 Å². The van der Waals surface area contributed by atoms with E-state index in [0.29, 0.717) is 11.6 Å². The first-order valence-electron chi connectivity index (χ1n) is 7.43. The van der Waals surface area contributed by atoms with Crippen LogP contribution in [0.1, 0.15) is 39.0 Å². The largest absolute Gasteiger partial charge is 0.494 e. The molecule has 1 saturated carbocycles. The van der Waals surface area contributed by atoms with Gasteiger partial charge in [-0.1, -0.05) is 31.5 Å². The highest BCUT2D eigenvalue weighted by atomic mass is 32.1. The summed E-state index contributed by atoms with van der Waals surface area (Å²) >= 11 is 5.17. The Kier molecular flexibility index (Phi) is 5.17. The SMILES string of the molecule is CCOc1ccc(NC(=O)C2(C(N)=S)CCCCC2)cc1. The molecule has 1 amide bonds. The lowest BCUT2D eigenvalue weighted by atomic mass is 9.73. The van der Waals surface area contributed by atoms with E-state index < -0.39 is 5.41 Å². The third-order valence-corrected chi connectivity index (χ3v) is 4.43. The van der Waals surface area contributed by atoms with E-state index in [1.54, 1.807) is 0 Å². The molecule has 0 heterocycles. The van der Waals surface area contributed by atoms with E-state index in [1.165, 1.54) is 0 Å². The fraction of sp³-hybridized carbons (Fsp3) is 0.500. The number of anilines is 1. The maximum absolute atomic E-state index is 12.6. The van der Waals surface area contributed by atoms with E-state index in [2.05, 4.69) is 5.32 Å². The number of hydrogen-bond donors (Lipinski definition) is 2. The molecule has 1 aromatic rings. The van der Waals surface area contributed by atoms with Crippen molar-refractivity contribution in [2.45, 2.75) is 39.0 Å². The molecular formula is C16H22N2O2S. The highest BCUT2D eigenvalue weighted by molar-refractivity contribution is 7.80. The van der Waals surface area contributed by atoms with Gasteiger partial charge in [0.25, 0.3) is 0 Å². The van der Waals surface area contributed by atoms with Gasteiger partial charge in [-0.25, -0.2) is 0 Å². The molecule has 21 heavy (non-hydrogen) atoms. The topological polar surface area (TPSA) is 64.3 Å². The minimum absolute atomic E-state index is 0.0844. The summed E-state index contributed by atoms with van der Waals surface area (Å²) in [6.07, 6.45) is 4.61. The summed E-state index contributed by atoms with van der Waals surface area (Å²) in [6, 6.07) is 7.35. The molecule has 0 radical (unpaired) electrons. The molecule has 1 fully saturated rings. The maximum atomic E-state index is 12.6. The highest BCUT2D eigenvalue weighted by Gasteiger charge is 2.42. The lowest BCUT2D eigenvalue weighted by molar-refractivity contribution is -0.123.